The van der Waals surface area contributed by atoms with Crippen molar-refractivity contribution in [2.45, 2.75) is 13.0 Å². The Hall–Kier alpha value is -1.45. The van der Waals surface area contributed by atoms with E-state index in [4.69, 9.17) is 0 Å². The molecule has 0 fully saturated rings. The number of rotatable bonds is 3. The maximum absolute atomic E-state index is 9.85. The molecular formula is C13H16N2O. The fraction of sp³-hybridized carbons (Fsp3) is 0.308. The SMILES string of the molecule is CNCC(O)c1ccc2nc(C)ccc2c1. The molecule has 84 valence electrons. The maximum Gasteiger partial charge on any atom is 0.0914 e. The highest BCUT2D eigenvalue weighted by Crippen LogP contribution is 2.19. The van der Waals surface area contributed by atoms with E-state index in [1.165, 1.54) is 0 Å². The molecule has 0 spiro atoms. The van der Waals surface area contributed by atoms with Gasteiger partial charge in [-0.3, -0.25) is 4.98 Å². The quantitative estimate of drug-likeness (QED) is 0.822. The molecule has 1 heterocycles. The zero-order valence-corrected chi connectivity index (χ0v) is 9.57. The van der Waals surface area contributed by atoms with Crippen LogP contribution in [0.5, 0.6) is 0 Å². The summed E-state index contributed by atoms with van der Waals surface area (Å²) in [5, 5.41) is 13.9. The first kappa shape index (κ1) is 11.0. The molecule has 16 heavy (non-hydrogen) atoms. The van der Waals surface area contributed by atoms with E-state index in [2.05, 4.69) is 10.3 Å². The van der Waals surface area contributed by atoms with Gasteiger partial charge < -0.3 is 10.4 Å². The van der Waals surface area contributed by atoms with Crippen LogP contribution < -0.4 is 5.32 Å². The van der Waals surface area contributed by atoms with E-state index in [1.54, 1.807) is 0 Å². The maximum atomic E-state index is 9.85. The fourth-order valence-corrected chi connectivity index (χ4v) is 1.76. The van der Waals surface area contributed by atoms with Gasteiger partial charge in [0.25, 0.3) is 0 Å². The minimum absolute atomic E-state index is 0.462. The Balaban J connectivity index is 2.40. The lowest BCUT2D eigenvalue weighted by molar-refractivity contribution is 0.178. The topological polar surface area (TPSA) is 45.1 Å². The van der Waals surface area contributed by atoms with Crippen molar-refractivity contribution in [1.82, 2.24) is 10.3 Å². The van der Waals surface area contributed by atoms with Gasteiger partial charge in [0.15, 0.2) is 0 Å². The number of aliphatic hydroxyl groups is 1. The highest BCUT2D eigenvalue weighted by atomic mass is 16.3. The molecular weight excluding hydrogens is 200 g/mol. The summed E-state index contributed by atoms with van der Waals surface area (Å²) >= 11 is 0. The summed E-state index contributed by atoms with van der Waals surface area (Å²) < 4.78 is 0. The predicted molar refractivity (Wildman–Crippen MR) is 65.4 cm³/mol. The van der Waals surface area contributed by atoms with E-state index in [0.717, 1.165) is 22.2 Å². The highest BCUT2D eigenvalue weighted by molar-refractivity contribution is 5.79. The van der Waals surface area contributed by atoms with Crippen LogP contribution in [-0.2, 0) is 0 Å². The number of benzene rings is 1. The lowest BCUT2D eigenvalue weighted by atomic mass is 10.1. The summed E-state index contributed by atoms with van der Waals surface area (Å²) in [6, 6.07) is 9.89. The Kier molecular flexibility index (Phi) is 3.17. The van der Waals surface area contributed by atoms with Gasteiger partial charge in [0.05, 0.1) is 11.6 Å². The molecule has 2 aromatic rings. The molecule has 0 bridgehead atoms. The summed E-state index contributed by atoms with van der Waals surface area (Å²) in [4.78, 5) is 4.42. The van der Waals surface area contributed by atoms with E-state index >= 15 is 0 Å². The van der Waals surface area contributed by atoms with Crippen LogP contribution in [0, 0.1) is 6.92 Å². The van der Waals surface area contributed by atoms with Gasteiger partial charge in [0.2, 0.25) is 0 Å². The van der Waals surface area contributed by atoms with Gasteiger partial charge in [-0.15, -0.1) is 0 Å². The lowest BCUT2D eigenvalue weighted by Gasteiger charge is -2.11. The third-order valence-corrected chi connectivity index (χ3v) is 2.63. The first-order chi connectivity index (χ1) is 7.70. The average Bonchev–Trinajstić information content (AvgIpc) is 2.28. The van der Waals surface area contributed by atoms with Crippen LogP contribution >= 0.6 is 0 Å². The largest absolute Gasteiger partial charge is 0.387 e. The van der Waals surface area contributed by atoms with Crippen molar-refractivity contribution >= 4 is 10.9 Å². The zero-order valence-electron chi connectivity index (χ0n) is 9.57. The molecule has 3 nitrogen and oxygen atoms in total. The number of aromatic nitrogens is 1. The monoisotopic (exact) mass is 216 g/mol. The van der Waals surface area contributed by atoms with Crippen LogP contribution in [-0.4, -0.2) is 23.7 Å². The molecule has 2 rings (SSSR count). The Bertz CT molecular complexity index is 496. The number of aryl methyl sites for hydroxylation is 1. The fourth-order valence-electron chi connectivity index (χ4n) is 1.76. The summed E-state index contributed by atoms with van der Waals surface area (Å²) in [7, 11) is 1.83. The van der Waals surface area contributed by atoms with Gasteiger partial charge in [0.1, 0.15) is 0 Å². The van der Waals surface area contributed by atoms with Crippen LogP contribution in [0.25, 0.3) is 10.9 Å². The van der Waals surface area contributed by atoms with Gasteiger partial charge in [-0.1, -0.05) is 12.1 Å². The molecule has 0 aliphatic rings. The molecule has 2 N–H and O–H groups in total. The van der Waals surface area contributed by atoms with Crippen LogP contribution in [0.3, 0.4) is 0 Å². The number of fused-ring (bicyclic) bond motifs is 1. The van der Waals surface area contributed by atoms with Crippen molar-refractivity contribution in [3.8, 4) is 0 Å². The normalized spacial score (nSPS) is 12.9. The number of nitrogens with one attached hydrogen (secondary N) is 1. The average molecular weight is 216 g/mol. The van der Waals surface area contributed by atoms with Gasteiger partial charge in [0, 0.05) is 17.6 Å². The van der Waals surface area contributed by atoms with Crippen molar-refractivity contribution in [3.63, 3.8) is 0 Å². The third-order valence-electron chi connectivity index (χ3n) is 2.63. The smallest absolute Gasteiger partial charge is 0.0914 e. The van der Waals surface area contributed by atoms with E-state index in [0.29, 0.717) is 6.54 Å². The Morgan fingerprint density at radius 1 is 1.31 bits per heavy atom. The molecule has 1 aromatic heterocycles. The van der Waals surface area contributed by atoms with Crippen molar-refractivity contribution < 1.29 is 5.11 Å². The summed E-state index contributed by atoms with van der Waals surface area (Å²) in [5.41, 5.74) is 2.91. The zero-order chi connectivity index (χ0) is 11.5. The summed E-state index contributed by atoms with van der Waals surface area (Å²) in [6.45, 7) is 2.54. The van der Waals surface area contributed by atoms with Crippen molar-refractivity contribution in [2.75, 3.05) is 13.6 Å². The van der Waals surface area contributed by atoms with Crippen molar-refractivity contribution in [2.24, 2.45) is 0 Å². The van der Waals surface area contributed by atoms with E-state index < -0.39 is 6.10 Å². The number of nitrogens with zero attached hydrogens (tertiary/aromatic N) is 1. The highest BCUT2D eigenvalue weighted by Gasteiger charge is 2.06. The first-order valence-electron chi connectivity index (χ1n) is 5.40. The molecule has 0 aliphatic carbocycles. The molecule has 0 amide bonds. The minimum atomic E-state index is -0.462. The van der Waals surface area contributed by atoms with Crippen LogP contribution in [0.1, 0.15) is 17.4 Å². The molecule has 1 aromatic carbocycles. The van der Waals surface area contributed by atoms with Gasteiger partial charge >= 0.3 is 0 Å². The predicted octanol–water partition coefficient (Wildman–Crippen LogP) is 1.80. The molecule has 3 heteroatoms. The second-order valence-corrected chi connectivity index (χ2v) is 3.98. The molecule has 0 radical (unpaired) electrons. The minimum Gasteiger partial charge on any atom is -0.387 e. The van der Waals surface area contributed by atoms with E-state index in [1.807, 2.05) is 44.3 Å². The second kappa shape index (κ2) is 4.60. The lowest BCUT2D eigenvalue weighted by Crippen LogP contribution is -2.16. The second-order valence-electron chi connectivity index (χ2n) is 3.98. The number of hydrogen-bond donors (Lipinski definition) is 2. The number of hydrogen-bond acceptors (Lipinski definition) is 3. The number of likely N-dealkylation sites (N-methyl/N-ethyl adjacent to an activating group) is 1. The van der Waals surface area contributed by atoms with Crippen molar-refractivity contribution in [3.05, 3.63) is 41.6 Å². The van der Waals surface area contributed by atoms with Crippen LogP contribution in [0.2, 0.25) is 0 Å². The molecule has 0 saturated carbocycles. The van der Waals surface area contributed by atoms with Gasteiger partial charge in [-0.25, -0.2) is 0 Å². The Morgan fingerprint density at radius 3 is 2.88 bits per heavy atom. The molecule has 0 aliphatic heterocycles. The van der Waals surface area contributed by atoms with Crippen molar-refractivity contribution in [1.29, 1.82) is 0 Å². The summed E-state index contributed by atoms with van der Waals surface area (Å²) in [5.74, 6) is 0. The first-order valence-corrected chi connectivity index (χ1v) is 5.40. The Labute approximate surface area is 95.1 Å². The van der Waals surface area contributed by atoms with Crippen LogP contribution in [0.4, 0.5) is 0 Å². The van der Waals surface area contributed by atoms with Crippen LogP contribution in [0.15, 0.2) is 30.3 Å². The van der Waals surface area contributed by atoms with Gasteiger partial charge in [-0.2, -0.15) is 0 Å². The molecule has 0 saturated heterocycles. The number of pyridine rings is 1. The Morgan fingerprint density at radius 2 is 2.12 bits per heavy atom. The molecule has 1 atom stereocenters. The standard InChI is InChI=1S/C13H16N2O/c1-9-3-4-10-7-11(13(16)8-14-2)5-6-12(10)15-9/h3-7,13-14,16H,8H2,1-2H3. The summed E-state index contributed by atoms with van der Waals surface area (Å²) in [6.07, 6.45) is -0.462. The third kappa shape index (κ3) is 2.21. The van der Waals surface area contributed by atoms with E-state index in [9.17, 15) is 5.11 Å². The molecule has 1 unspecified atom stereocenters. The van der Waals surface area contributed by atoms with E-state index in [-0.39, 0.29) is 0 Å². The number of aliphatic hydroxyl groups excluding tert-OH is 1. The van der Waals surface area contributed by atoms with Gasteiger partial charge in [-0.05, 0) is 37.7 Å².